The molecule has 0 radical (unpaired) electrons. The Labute approximate surface area is 115 Å². The standard InChI is InChI=1S/C14H11ClN2O2/c15-12-5-3-11(4-6-12)14(19)17-16-9-10-1-7-13(18)8-2-10/h1-9,18H,(H,17,19)/b16-9+. The maximum Gasteiger partial charge on any atom is 0.271 e. The molecule has 0 aromatic heterocycles. The summed E-state index contributed by atoms with van der Waals surface area (Å²) in [5.74, 6) is -0.131. The molecule has 0 heterocycles. The van der Waals surface area contributed by atoms with E-state index in [1.54, 1.807) is 48.5 Å². The summed E-state index contributed by atoms with van der Waals surface area (Å²) in [7, 11) is 0. The number of carbonyl (C=O) groups is 1. The fourth-order valence-corrected chi connectivity index (χ4v) is 1.52. The van der Waals surface area contributed by atoms with Crippen molar-refractivity contribution in [3.05, 3.63) is 64.7 Å². The monoisotopic (exact) mass is 274 g/mol. The summed E-state index contributed by atoms with van der Waals surface area (Å²) in [5.41, 5.74) is 3.66. The number of hydrazone groups is 1. The van der Waals surface area contributed by atoms with Crippen molar-refractivity contribution in [1.82, 2.24) is 5.43 Å². The Hall–Kier alpha value is -2.33. The number of amides is 1. The molecule has 2 N–H and O–H groups in total. The normalized spacial score (nSPS) is 10.6. The summed E-state index contributed by atoms with van der Waals surface area (Å²) < 4.78 is 0. The van der Waals surface area contributed by atoms with Crippen LogP contribution in [0.5, 0.6) is 5.75 Å². The quantitative estimate of drug-likeness (QED) is 0.668. The highest BCUT2D eigenvalue weighted by molar-refractivity contribution is 6.30. The van der Waals surface area contributed by atoms with Crippen LogP contribution in [0.4, 0.5) is 0 Å². The lowest BCUT2D eigenvalue weighted by molar-refractivity contribution is 0.0955. The van der Waals surface area contributed by atoms with Crippen LogP contribution in [0.1, 0.15) is 15.9 Å². The molecule has 0 aliphatic heterocycles. The van der Waals surface area contributed by atoms with Gasteiger partial charge in [0.05, 0.1) is 6.21 Å². The van der Waals surface area contributed by atoms with E-state index in [9.17, 15) is 4.79 Å². The Balaban J connectivity index is 1.96. The number of hydrogen-bond acceptors (Lipinski definition) is 3. The van der Waals surface area contributed by atoms with Gasteiger partial charge in [0, 0.05) is 10.6 Å². The highest BCUT2D eigenvalue weighted by atomic mass is 35.5. The average Bonchev–Trinajstić information content (AvgIpc) is 2.41. The molecule has 19 heavy (non-hydrogen) atoms. The van der Waals surface area contributed by atoms with Crippen LogP contribution in [-0.2, 0) is 0 Å². The number of aromatic hydroxyl groups is 1. The van der Waals surface area contributed by atoms with Gasteiger partial charge in [-0.3, -0.25) is 4.79 Å². The molecule has 0 saturated carbocycles. The number of benzene rings is 2. The Kier molecular flexibility index (Phi) is 4.15. The van der Waals surface area contributed by atoms with Crippen molar-refractivity contribution < 1.29 is 9.90 Å². The molecule has 0 aliphatic carbocycles. The van der Waals surface area contributed by atoms with E-state index in [-0.39, 0.29) is 11.7 Å². The number of halogens is 1. The molecule has 2 aromatic carbocycles. The summed E-state index contributed by atoms with van der Waals surface area (Å²) in [6.45, 7) is 0. The van der Waals surface area contributed by atoms with E-state index in [0.29, 0.717) is 10.6 Å². The average molecular weight is 275 g/mol. The van der Waals surface area contributed by atoms with E-state index in [1.165, 1.54) is 6.21 Å². The van der Waals surface area contributed by atoms with Gasteiger partial charge >= 0.3 is 0 Å². The van der Waals surface area contributed by atoms with Crippen molar-refractivity contribution in [3.8, 4) is 5.75 Å². The molecule has 0 saturated heterocycles. The summed E-state index contributed by atoms with van der Waals surface area (Å²) in [5, 5.41) is 13.5. The van der Waals surface area contributed by atoms with E-state index >= 15 is 0 Å². The molecular weight excluding hydrogens is 264 g/mol. The number of carbonyl (C=O) groups excluding carboxylic acids is 1. The van der Waals surface area contributed by atoms with Crippen LogP contribution >= 0.6 is 11.6 Å². The smallest absolute Gasteiger partial charge is 0.271 e. The number of nitrogens with zero attached hydrogens (tertiary/aromatic N) is 1. The third-order valence-electron chi connectivity index (χ3n) is 2.38. The van der Waals surface area contributed by atoms with Gasteiger partial charge in [0.1, 0.15) is 5.75 Å². The Morgan fingerprint density at radius 2 is 1.74 bits per heavy atom. The highest BCUT2D eigenvalue weighted by Crippen LogP contribution is 2.09. The lowest BCUT2D eigenvalue weighted by Gasteiger charge is -1.99. The van der Waals surface area contributed by atoms with E-state index in [1.807, 2.05) is 0 Å². The number of hydrogen-bond donors (Lipinski definition) is 2. The molecule has 2 aromatic rings. The first-order valence-corrected chi connectivity index (χ1v) is 5.91. The predicted octanol–water partition coefficient (Wildman–Crippen LogP) is 2.81. The van der Waals surface area contributed by atoms with Gasteiger partial charge in [-0.25, -0.2) is 5.43 Å². The second-order valence-electron chi connectivity index (χ2n) is 3.80. The van der Waals surface area contributed by atoms with Crippen LogP contribution in [0.2, 0.25) is 5.02 Å². The van der Waals surface area contributed by atoms with Gasteiger partial charge in [0.2, 0.25) is 0 Å². The summed E-state index contributed by atoms with van der Waals surface area (Å²) in [6.07, 6.45) is 1.49. The van der Waals surface area contributed by atoms with E-state index in [2.05, 4.69) is 10.5 Å². The number of rotatable bonds is 3. The largest absolute Gasteiger partial charge is 0.508 e. The topological polar surface area (TPSA) is 61.7 Å². The minimum absolute atomic E-state index is 0.183. The second-order valence-corrected chi connectivity index (χ2v) is 4.23. The van der Waals surface area contributed by atoms with Crippen LogP contribution in [0, 0.1) is 0 Å². The predicted molar refractivity (Wildman–Crippen MR) is 74.6 cm³/mol. The van der Waals surface area contributed by atoms with Crippen LogP contribution in [0.25, 0.3) is 0 Å². The van der Waals surface area contributed by atoms with Gasteiger partial charge in [0.25, 0.3) is 5.91 Å². The first kappa shape index (κ1) is 13.1. The zero-order chi connectivity index (χ0) is 13.7. The van der Waals surface area contributed by atoms with E-state index < -0.39 is 0 Å². The van der Waals surface area contributed by atoms with Crippen LogP contribution < -0.4 is 5.43 Å². The molecule has 4 nitrogen and oxygen atoms in total. The van der Waals surface area contributed by atoms with Crippen LogP contribution in [-0.4, -0.2) is 17.2 Å². The van der Waals surface area contributed by atoms with Crippen molar-refractivity contribution in [2.75, 3.05) is 0 Å². The maximum absolute atomic E-state index is 11.7. The van der Waals surface area contributed by atoms with Crippen molar-refractivity contribution in [1.29, 1.82) is 0 Å². The van der Waals surface area contributed by atoms with Gasteiger partial charge < -0.3 is 5.11 Å². The molecule has 0 fully saturated rings. The number of nitrogens with one attached hydrogen (secondary N) is 1. The first-order valence-electron chi connectivity index (χ1n) is 5.53. The third-order valence-corrected chi connectivity index (χ3v) is 2.63. The Morgan fingerprint density at radius 3 is 2.37 bits per heavy atom. The van der Waals surface area contributed by atoms with Crippen LogP contribution in [0.3, 0.4) is 0 Å². The van der Waals surface area contributed by atoms with E-state index in [0.717, 1.165) is 5.56 Å². The molecule has 96 valence electrons. The summed E-state index contributed by atoms with van der Waals surface area (Å²) in [4.78, 5) is 11.7. The lowest BCUT2D eigenvalue weighted by atomic mass is 10.2. The van der Waals surface area contributed by atoms with Gasteiger partial charge in [-0.2, -0.15) is 5.10 Å². The Bertz CT molecular complexity index is 592. The number of phenols is 1. The highest BCUT2D eigenvalue weighted by Gasteiger charge is 2.02. The fraction of sp³-hybridized carbons (Fsp3) is 0. The minimum atomic E-state index is -0.313. The fourth-order valence-electron chi connectivity index (χ4n) is 1.39. The number of phenolic OH excluding ortho intramolecular Hbond substituents is 1. The van der Waals surface area contributed by atoms with Crippen molar-refractivity contribution in [3.63, 3.8) is 0 Å². The van der Waals surface area contributed by atoms with Gasteiger partial charge in [-0.1, -0.05) is 11.6 Å². The molecule has 0 spiro atoms. The molecule has 2 rings (SSSR count). The van der Waals surface area contributed by atoms with Crippen molar-refractivity contribution in [2.45, 2.75) is 0 Å². The zero-order valence-corrected chi connectivity index (χ0v) is 10.6. The van der Waals surface area contributed by atoms with E-state index in [4.69, 9.17) is 16.7 Å². The lowest BCUT2D eigenvalue weighted by Crippen LogP contribution is -2.17. The first-order chi connectivity index (χ1) is 9.15. The summed E-state index contributed by atoms with van der Waals surface area (Å²) >= 11 is 5.73. The minimum Gasteiger partial charge on any atom is -0.508 e. The molecule has 1 amide bonds. The molecule has 5 heteroatoms. The SMILES string of the molecule is O=C(N/N=C/c1ccc(O)cc1)c1ccc(Cl)cc1. The molecule has 0 unspecified atom stereocenters. The molecule has 0 aliphatic rings. The second kappa shape index (κ2) is 6.02. The maximum atomic E-state index is 11.7. The van der Waals surface area contributed by atoms with Gasteiger partial charge in [-0.05, 0) is 54.1 Å². The Morgan fingerprint density at radius 1 is 1.11 bits per heavy atom. The van der Waals surface area contributed by atoms with Crippen LogP contribution in [0.15, 0.2) is 53.6 Å². The summed E-state index contributed by atoms with van der Waals surface area (Å²) in [6, 6.07) is 13.0. The van der Waals surface area contributed by atoms with Gasteiger partial charge in [-0.15, -0.1) is 0 Å². The van der Waals surface area contributed by atoms with Crippen molar-refractivity contribution in [2.24, 2.45) is 5.10 Å². The molecular formula is C14H11ClN2O2. The van der Waals surface area contributed by atoms with Crippen molar-refractivity contribution >= 4 is 23.7 Å². The molecule has 0 atom stereocenters. The molecule has 0 bridgehead atoms. The zero-order valence-electron chi connectivity index (χ0n) is 9.88. The van der Waals surface area contributed by atoms with Gasteiger partial charge in [0.15, 0.2) is 0 Å². The third kappa shape index (κ3) is 3.82.